The number of rotatable bonds is 2. The molecule has 6 heteroatoms. The van der Waals surface area contributed by atoms with E-state index in [9.17, 15) is 18.0 Å². The quantitative estimate of drug-likeness (QED) is 0.907. The van der Waals surface area contributed by atoms with Gasteiger partial charge in [-0.1, -0.05) is 45.9 Å². The Morgan fingerprint density at radius 1 is 1.26 bits per heavy atom. The summed E-state index contributed by atoms with van der Waals surface area (Å²) in [5.74, 6) is -1.92. The highest BCUT2D eigenvalue weighted by Gasteiger charge is 2.38. The second-order valence-electron chi connectivity index (χ2n) is 4.05. The molecule has 0 saturated heterocycles. The number of nitrogens with one attached hydrogen (secondary N) is 1. The van der Waals surface area contributed by atoms with Crippen molar-refractivity contribution >= 4 is 17.6 Å². The van der Waals surface area contributed by atoms with Gasteiger partial charge in [0.05, 0.1) is 0 Å². The van der Waals surface area contributed by atoms with E-state index in [2.05, 4.69) is 4.98 Å². The van der Waals surface area contributed by atoms with Gasteiger partial charge in [0, 0.05) is 24.2 Å². The topological polar surface area (TPSA) is 42.0 Å². The summed E-state index contributed by atoms with van der Waals surface area (Å²) >= 11 is 0. The van der Waals surface area contributed by atoms with Crippen LogP contribution in [0.25, 0.3) is 11.6 Å². The van der Waals surface area contributed by atoms with E-state index in [1.165, 1.54) is 0 Å². The van der Waals surface area contributed by atoms with Gasteiger partial charge in [-0.3, -0.25) is 9.78 Å². The predicted octanol–water partition coefficient (Wildman–Crippen LogP) is 2.70. The van der Waals surface area contributed by atoms with Crippen molar-refractivity contribution in [3.05, 3.63) is 41.0 Å². The average Bonchev–Trinajstić information content (AvgIpc) is 2.77. The number of allylic oxidation sites excluding steroid dienone is 2. The molecule has 0 fully saturated rings. The summed E-state index contributed by atoms with van der Waals surface area (Å²) in [5.41, 5.74) is 0.722. The van der Waals surface area contributed by atoms with Crippen LogP contribution in [0.2, 0.25) is 0 Å². The SMILES string of the molecule is CC.CC.O=C(NCC1=c2ccncc2=CC=CC1)C(F)(F)F. The molecule has 2 rings (SSSR count). The van der Waals surface area contributed by atoms with Crippen LogP contribution < -0.4 is 15.8 Å². The molecule has 1 aliphatic rings. The molecule has 1 heterocycles. The maximum Gasteiger partial charge on any atom is 0.471 e. The molecule has 0 aliphatic heterocycles. The van der Waals surface area contributed by atoms with E-state index in [1.54, 1.807) is 18.5 Å². The molecule has 0 atom stereocenters. The molecule has 0 radical (unpaired) electrons. The van der Waals surface area contributed by atoms with Gasteiger partial charge in [0.25, 0.3) is 0 Å². The molecule has 1 aromatic heterocycles. The van der Waals surface area contributed by atoms with E-state index in [1.807, 2.05) is 51.2 Å². The first-order valence-electron chi connectivity index (χ1n) is 7.62. The zero-order valence-corrected chi connectivity index (χ0v) is 13.9. The highest BCUT2D eigenvalue weighted by molar-refractivity contribution is 5.82. The maximum atomic E-state index is 12.1. The molecule has 1 aliphatic carbocycles. The Labute approximate surface area is 134 Å². The van der Waals surface area contributed by atoms with Crippen molar-refractivity contribution in [3.8, 4) is 0 Å². The van der Waals surface area contributed by atoms with Crippen LogP contribution in [-0.4, -0.2) is 23.6 Å². The molecule has 1 aromatic rings. The molecule has 0 aromatic carbocycles. The molecule has 0 bridgehead atoms. The fourth-order valence-electron chi connectivity index (χ4n) is 1.81. The molecule has 3 nitrogen and oxygen atoms in total. The number of carbonyl (C=O) groups is 1. The van der Waals surface area contributed by atoms with Gasteiger partial charge >= 0.3 is 12.1 Å². The number of pyridine rings is 1. The third kappa shape index (κ3) is 6.67. The van der Waals surface area contributed by atoms with Gasteiger partial charge in [0.1, 0.15) is 0 Å². The van der Waals surface area contributed by atoms with E-state index in [-0.39, 0.29) is 6.54 Å². The smallest absolute Gasteiger partial charge is 0.344 e. The normalized spacial score (nSPS) is 12.4. The monoisotopic (exact) mass is 328 g/mol. The largest absolute Gasteiger partial charge is 0.471 e. The summed E-state index contributed by atoms with van der Waals surface area (Å²) in [7, 11) is 0. The number of halogens is 3. The lowest BCUT2D eigenvalue weighted by Gasteiger charge is -2.09. The first-order valence-corrected chi connectivity index (χ1v) is 7.62. The van der Waals surface area contributed by atoms with Crippen LogP contribution in [0.5, 0.6) is 0 Å². The van der Waals surface area contributed by atoms with E-state index < -0.39 is 12.1 Å². The number of fused-ring (bicyclic) bond motifs is 1. The molecule has 1 amide bonds. The van der Waals surface area contributed by atoms with Crippen molar-refractivity contribution in [1.29, 1.82) is 0 Å². The van der Waals surface area contributed by atoms with E-state index in [4.69, 9.17) is 0 Å². The Bertz CT molecular complexity index is 634. The summed E-state index contributed by atoms with van der Waals surface area (Å²) < 4.78 is 36.4. The Balaban J connectivity index is 0.00000112. The van der Waals surface area contributed by atoms with Crippen LogP contribution in [0.15, 0.2) is 30.6 Å². The Morgan fingerprint density at radius 3 is 2.52 bits per heavy atom. The third-order valence-corrected chi connectivity index (χ3v) is 2.73. The lowest BCUT2D eigenvalue weighted by molar-refractivity contribution is -0.173. The minimum Gasteiger partial charge on any atom is -0.344 e. The van der Waals surface area contributed by atoms with Crippen LogP contribution in [0.4, 0.5) is 13.2 Å². The molecule has 128 valence electrons. The van der Waals surface area contributed by atoms with Gasteiger partial charge in [0.15, 0.2) is 0 Å². The fraction of sp³-hybridized carbons (Fsp3) is 0.412. The van der Waals surface area contributed by atoms with Gasteiger partial charge in [-0.05, 0) is 23.3 Å². The number of amides is 1. The van der Waals surface area contributed by atoms with Crippen LogP contribution in [0, 0.1) is 0 Å². The Kier molecular flexibility index (Phi) is 9.62. The Morgan fingerprint density at radius 2 is 1.91 bits per heavy atom. The molecule has 0 saturated carbocycles. The minimum atomic E-state index is -4.85. The van der Waals surface area contributed by atoms with Crippen LogP contribution in [0.1, 0.15) is 34.1 Å². The number of alkyl halides is 3. The third-order valence-electron chi connectivity index (χ3n) is 2.73. The van der Waals surface area contributed by atoms with E-state index in [0.717, 1.165) is 16.0 Å². The number of aromatic nitrogens is 1. The highest BCUT2D eigenvalue weighted by Crippen LogP contribution is 2.14. The first-order chi connectivity index (χ1) is 11.0. The number of nitrogens with zero attached hydrogens (tertiary/aromatic N) is 1. The number of hydrogen-bond donors (Lipinski definition) is 1. The zero-order valence-electron chi connectivity index (χ0n) is 13.9. The number of hydrogen-bond acceptors (Lipinski definition) is 2. The minimum absolute atomic E-state index is 0.131. The van der Waals surface area contributed by atoms with Crippen molar-refractivity contribution < 1.29 is 18.0 Å². The van der Waals surface area contributed by atoms with E-state index in [0.29, 0.717) is 6.42 Å². The summed E-state index contributed by atoms with van der Waals surface area (Å²) in [6.07, 6.45) is 4.33. The summed E-state index contributed by atoms with van der Waals surface area (Å²) in [5, 5.41) is 3.53. The zero-order chi connectivity index (χ0) is 17.9. The second-order valence-corrected chi connectivity index (χ2v) is 4.05. The van der Waals surface area contributed by atoms with Crippen molar-refractivity contribution in [2.45, 2.75) is 40.3 Å². The first kappa shape index (κ1) is 20.9. The van der Waals surface area contributed by atoms with Gasteiger partial charge in [-0.2, -0.15) is 13.2 Å². The molecule has 23 heavy (non-hydrogen) atoms. The van der Waals surface area contributed by atoms with Crippen molar-refractivity contribution in [3.63, 3.8) is 0 Å². The molecule has 0 unspecified atom stereocenters. The lowest BCUT2D eigenvalue weighted by Crippen LogP contribution is -2.39. The summed E-state index contributed by atoms with van der Waals surface area (Å²) in [6.45, 7) is 7.87. The molecular formula is C17H23F3N2O. The van der Waals surface area contributed by atoms with Gasteiger partial charge in [0.2, 0.25) is 0 Å². The summed E-state index contributed by atoms with van der Waals surface area (Å²) in [4.78, 5) is 14.8. The average molecular weight is 328 g/mol. The standard InChI is InChI=1S/C13H11F3N2O.2C2H6/c14-13(15,16)12(19)18-8-10-4-2-1-3-9-7-17-6-5-11(9)10;2*1-2/h1-3,5-7H,4,8H2,(H,18,19);2*1-2H3. The van der Waals surface area contributed by atoms with Gasteiger partial charge in [-0.15, -0.1) is 0 Å². The van der Waals surface area contributed by atoms with E-state index >= 15 is 0 Å². The predicted molar refractivity (Wildman–Crippen MR) is 86.9 cm³/mol. The lowest BCUT2D eigenvalue weighted by atomic mass is 10.1. The van der Waals surface area contributed by atoms with Crippen molar-refractivity contribution in [2.24, 2.45) is 0 Å². The van der Waals surface area contributed by atoms with Gasteiger partial charge < -0.3 is 5.32 Å². The molecule has 1 N–H and O–H groups in total. The fourth-order valence-corrected chi connectivity index (χ4v) is 1.81. The Hall–Kier alpha value is -2.11. The summed E-state index contributed by atoms with van der Waals surface area (Å²) in [6, 6.07) is 1.73. The van der Waals surface area contributed by atoms with Crippen LogP contribution >= 0.6 is 0 Å². The number of carbonyl (C=O) groups excluding carboxylic acids is 1. The van der Waals surface area contributed by atoms with Gasteiger partial charge in [-0.25, -0.2) is 0 Å². The van der Waals surface area contributed by atoms with Crippen molar-refractivity contribution in [1.82, 2.24) is 10.3 Å². The maximum absolute atomic E-state index is 12.1. The molecule has 0 spiro atoms. The molecular weight excluding hydrogens is 305 g/mol. The highest BCUT2D eigenvalue weighted by atomic mass is 19.4. The van der Waals surface area contributed by atoms with Crippen LogP contribution in [0.3, 0.4) is 0 Å². The van der Waals surface area contributed by atoms with Crippen LogP contribution in [-0.2, 0) is 4.79 Å². The van der Waals surface area contributed by atoms with Crippen molar-refractivity contribution in [2.75, 3.05) is 6.54 Å². The second kappa shape index (κ2) is 10.6.